The zero-order valence-electron chi connectivity index (χ0n) is 9.14. The molecule has 0 saturated heterocycles. The molecule has 82 valence electrons. The van der Waals surface area contributed by atoms with Crippen molar-refractivity contribution in [1.82, 2.24) is 9.97 Å². The minimum atomic E-state index is 0.659. The van der Waals surface area contributed by atoms with Gasteiger partial charge in [0.1, 0.15) is 5.82 Å². The summed E-state index contributed by atoms with van der Waals surface area (Å²) in [6.45, 7) is 2.58. The van der Waals surface area contributed by atoms with E-state index in [1.54, 1.807) is 12.4 Å². The van der Waals surface area contributed by atoms with Gasteiger partial charge in [0.25, 0.3) is 0 Å². The molecule has 0 radical (unpaired) electrons. The molecular weight excluding hydrogens is 200 g/mol. The van der Waals surface area contributed by atoms with Gasteiger partial charge in [-0.1, -0.05) is 18.2 Å². The Labute approximate surface area is 94.5 Å². The number of nitrogens with zero attached hydrogens (tertiary/aromatic N) is 2. The van der Waals surface area contributed by atoms with E-state index >= 15 is 0 Å². The van der Waals surface area contributed by atoms with Crippen LogP contribution in [-0.2, 0) is 6.54 Å². The zero-order chi connectivity index (χ0) is 11.4. The van der Waals surface area contributed by atoms with Gasteiger partial charge in [-0.2, -0.15) is 0 Å². The van der Waals surface area contributed by atoms with Crippen LogP contribution in [0.25, 0.3) is 0 Å². The first-order valence-corrected chi connectivity index (χ1v) is 5.12. The smallest absolute Gasteiger partial charge is 0.147 e. The van der Waals surface area contributed by atoms with Crippen molar-refractivity contribution in [1.29, 1.82) is 0 Å². The molecule has 0 fully saturated rings. The number of nitrogens with two attached hydrogens (primary N) is 1. The van der Waals surface area contributed by atoms with Crippen LogP contribution >= 0.6 is 0 Å². The number of benzene rings is 1. The lowest BCUT2D eigenvalue weighted by Crippen LogP contribution is -2.05. The standard InChI is InChI=1S/C12H14N4/c1-9-12(15-7-6-14-9)16-8-10-4-2-3-5-11(10)13/h2-7H,8,13H2,1H3,(H,15,16). The first-order valence-electron chi connectivity index (χ1n) is 5.12. The molecule has 3 N–H and O–H groups in total. The molecule has 2 aromatic rings. The summed E-state index contributed by atoms with van der Waals surface area (Å²) in [5, 5.41) is 3.22. The van der Waals surface area contributed by atoms with Gasteiger partial charge in [0.2, 0.25) is 0 Å². The maximum Gasteiger partial charge on any atom is 0.147 e. The molecule has 2 rings (SSSR count). The molecule has 0 aliphatic heterocycles. The monoisotopic (exact) mass is 214 g/mol. The van der Waals surface area contributed by atoms with E-state index in [0.29, 0.717) is 6.54 Å². The van der Waals surface area contributed by atoms with Gasteiger partial charge in [-0.3, -0.25) is 4.98 Å². The number of nitrogen functional groups attached to an aromatic ring is 1. The molecular formula is C12H14N4. The summed E-state index contributed by atoms with van der Waals surface area (Å²) in [5.74, 6) is 0.797. The minimum absolute atomic E-state index is 0.659. The number of aromatic nitrogens is 2. The van der Waals surface area contributed by atoms with Gasteiger partial charge in [0.15, 0.2) is 0 Å². The van der Waals surface area contributed by atoms with Crippen molar-refractivity contribution in [3.05, 3.63) is 47.9 Å². The Morgan fingerprint density at radius 2 is 1.94 bits per heavy atom. The molecule has 0 bridgehead atoms. The summed E-state index contributed by atoms with van der Waals surface area (Å²) < 4.78 is 0. The molecule has 4 nitrogen and oxygen atoms in total. The van der Waals surface area contributed by atoms with Gasteiger partial charge in [-0.15, -0.1) is 0 Å². The van der Waals surface area contributed by atoms with Crippen LogP contribution in [0.3, 0.4) is 0 Å². The van der Waals surface area contributed by atoms with Crippen LogP contribution in [0.15, 0.2) is 36.7 Å². The molecule has 0 saturated carbocycles. The highest BCUT2D eigenvalue weighted by Gasteiger charge is 2.01. The van der Waals surface area contributed by atoms with E-state index in [-0.39, 0.29) is 0 Å². The predicted molar refractivity (Wildman–Crippen MR) is 65.0 cm³/mol. The highest BCUT2D eigenvalue weighted by atomic mass is 15.0. The molecule has 0 unspecified atom stereocenters. The molecule has 0 aliphatic rings. The Morgan fingerprint density at radius 1 is 1.19 bits per heavy atom. The van der Waals surface area contributed by atoms with Gasteiger partial charge in [0.05, 0.1) is 5.69 Å². The molecule has 16 heavy (non-hydrogen) atoms. The van der Waals surface area contributed by atoms with Crippen molar-refractivity contribution in [2.24, 2.45) is 0 Å². The number of hydrogen-bond donors (Lipinski definition) is 2. The summed E-state index contributed by atoms with van der Waals surface area (Å²) in [4.78, 5) is 8.37. The first-order chi connectivity index (χ1) is 7.77. The lowest BCUT2D eigenvalue weighted by atomic mass is 10.2. The molecule has 1 aromatic carbocycles. The van der Waals surface area contributed by atoms with Crippen molar-refractivity contribution in [3.63, 3.8) is 0 Å². The Kier molecular flexibility index (Phi) is 3.00. The summed E-state index contributed by atoms with van der Waals surface area (Å²) in [6.07, 6.45) is 3.35. The number of aryl methyl sites for hydroxylation is 1. The second kappa shape index (κ2) is 4.61. The van der Waals surface area contributed by atoms with Crippen LogP contribution < -0.4 is 11.1 Å². The second-order valence-corrected chi connectivity index (χ2v) is 3.54. The third kappa shape index (κ3) is 2.28. The summed E-state index contributed by atoms with van der Waals surface area (Å²) in [7, 11) is 0. The highest BCUT2D eigenvalue weighted by Crippen LogP contribution is 2.13. The maximum atomic E-state index is 5.85. The van der Waals surface area contributed by atoms with Crippen molar-refractivity contribution < 1.29 is 0 Å². The lowest BCUT2D eigenvalue weighted by Gasteiger charge is -2.09. The average molecular weight is 214 g/mol. The van der Waals surface area contributed by atoms with Gasteiger partial charge in [0, 0.05) is 24.6 Å². The van der Waals surface area contributed by atoms with E-state index in [4.69, 9.17) is 5.73 Å². The molecule has 0 aliphatic carbocycles. The number of nitrogens with one attached hydrogen (secondary N) is 1. The summed E-state index contributed by atoms with van der Waals surface area (Å²) >= 11 is 0. The Balaban J connectivity index is 2.09. The van der Waals surface area contributed by atoms with Gasteiger partial charge in [-0.05, 0) is 18.6 Å². The van der Waals surface area contributed by atoms with Crippen LogP contribution in [0, 0.1) is 6.92 Å². The van der Waals surface area contributed by atoms with Crippen molar-refractivity contribution in [3.8, 4) is 0 Å². The number of rotatable bonds is 3. The fraction of sp³-hybridized carbons (Fsp3) is 0.167. The fourth-order valence-electron chi connectivity index (χ4n) is 1.46. The minimum Gasteiger partial charge on any atom is -0.398 e. The van der Waals surface area contributed by atoms with Gasteiger partial charge < -0.3 is 11.1 Å². The highest BCUT2D eigenvalue weighted by molar-refractivity contribution is 5.49. The van der Waals surface area contributed by atoms with Gasteiger partial charge >= 0.3 is 0 Å². The molecule has 1 aromatic heterocycles. The number of para-hydroxylation sites is 1. The van der Waals surface area contributed by atoms with Crippen LogP contribution in [0.2, 0.25) is 0 Å². The lowest BCUT2D eigenvalue weighted by molar-refractivity contribution is 1.05. The molecule has 0 spiro atoms. The van der Waals surface area contributed by atoms with Crippen LogP contribution in [-0.4, -0.2) is 9.97 Å². The molecule has 0 amide bonds. The van der Waals surface area contributed by atoms with E-state index in [2.05, 4.69) is 15.3 Å². The normalized spacial score (nSPS) is 10.1. The largest absolute Gasteiger partial charge is 0.398 e. The van der Waals surface area contributed by atoms with E-state index in [1.807, 2.05) is 31.2 Å². The summed E-state index contributed by atoms with van der Waals surface area (Å²) in [5.41, 5.74) is 8.58. The van der Waals surface area contributed by atoms with Crippen LogP contribution in [0.4, 0.5) is 11.5 Å². The maximum absolute atomic E-state index is 5.85. The third-order valence-corrected chi connectivity index (χ3v) is 2.38. The van der Waals surface area contributed by atoms with E-state index < -0.39 is 0 Å². The Hall–Kier alpha value is -2.10. The van der Waals surface area contributed by atoms with Crippen LogP contribution in [0.1, 0.15) is 11.3 Å². The number of anilines is 2. The van der Waals surface area contributed by atoms with E-state index in [1.165, 1.54) is 0 Å². The fourth-order valence-corrected chi connectivity index (χ4v) is 1.46. The number of hydrogen-bond acceptors (Lipinski definition) is 4. The predicted octanol–water partition coefficient (Wildman–Crippen LogP) is 1.98. The SMILES string of the molecule is Cc1nccnc1NCc1ccccc1N. The first kappa shape index (κ1) is 10.4. The van der Waals surface area contributed by atoms with Crippen LogP contribution in [0.5, 0.6) is 0 Å². The third-order valence-electron chi connectivity index (χ3n) is 2.38. The van der Waals surface area contributed by atoms with E-state index in [0.717, 1.165) is 22.8 Å². The Bertz CT molecular complexity index is 436. The quantitative estimate of drug-likeness (QED) is 0.767. The second-order valence-electron chi connectivity index (χ2n) is 3.54. The van der Waals surface area contributed by atoms with Gasteiger partial charge in [-0.25, -0.2) is 4.98 Å². The molecule has 0 atom stereocenters. The van der Waals surface area contributed by atoms with Crippen molar-refractivity contribution in [2.45, 2.75) is 13.5 Å². The molecule has 4 heteroatoms. The average Bonchev–Trinajstić information content (AvgIpc) is 2.30. The Morgan fingerprint density at radius 3 is 2.69 bits per heavy atom. The topological polar surface area (TPSA) is 63.8 Å². The molecule has 1 heterocycles. The zero-order valence-corrected chi connectivity index (χ0v) is 9.14. The van der Waals surface area contributed by atoms with Crippen molar-refractivity contribution >= 4 is 11.5 Å². The summed E-state index contributed by atoms with van der Waals surface area (Å²) in [6, 6.07) is 7.78. The van der Waals surface area contributed by atoms with Crippen molar-refractivity contribution in [2.75, 3.05) is 11.1 Å². The van der Waals surface area contributed by atoms with E-state index in [9.17, 15) is 0 Å².